The number of anilines is 2. The van der Waals surface area contributed by atoms with E-state index in [0.717, 1.165) is 24.0 Å². The molecule has 1 aromatic carbocycles. The molecule has 2 amide bonds. The molecule has 0 bridgehead atoms. The summed E-state index contributed by atoms with van der Waals surface area (Å²) in [5.41, 5.74) is 3.14. The van der Waals surface area contributed by atoms with E-state index in [0.29, 0.717) is 30.5 Å². The van der Waals surface area contributed by atoms with Gasteiger partial charge in [-0.05, 0) is 37.5 Å². The van der Waals surface area contributed by atoms with Gasteiger partial charge in [0.15, 0.2) is 0 Å². The summed E-state index contributed by atoms with van der Waals surface area (Å²) in [6, 6.07) is 5.99. The summed E-state index contributed by atoms with van der Waals surface area (Å²) in [6.07, 6.45) is 4.26. The number of hydrogen-bond donors (Lipinski definition) is 1. The van der Waals surface area contributed by atoms with Gasteiger partial charge in [-0.15, -0.1) is 0 Å². The summed E-state index contributed by atoms with van der Waals surface area (Å²) in [5, 5.41) is 7.42. The van der Waals surface area contributed by atoms with E-state index < -0.39 is 18.4 Å². The SMILES string of the molecule is CC(=O)N1c2ccc(-c3cnn(C4CC4)c3)cc2N(C(=O)OC2CNCC(F)C2)C[C@@H]1C. The topological polar surface area (TPSA) is 79.7 Å². The Balaban J connectivity index is 1.47. The first kappa shape index (κ1) is 20.9. The first-order valence-electron chi connectivity index (χ1n) is 11.2. The molecule has 1 aromatic heterocycles. The maximum Gasteiger partial charge on any atom is 0.414 e. The van der Waals surface area contributed by atoms with Gasteiger partial charge in [0, 0.05) is 44.7 Å². The smallest absolute Gasteiger partial charge is 0.414 e. The predicted molar refractivity (Wildman–Crippen MR) is 119 cm³/mol. The first-order valence-corrected chi connectivity index (χ1v) is 11.2. The number of piperidine rings is 1. The molecule has 2 aliphatic heterocycles. The molecule has 3 heterocycles. The number of halogens is 1. The summed E-state index contributed by atoms with van der Waals surface area (Å²) >= 11 is 0. The molecule has 32 heavy (non-hydrogen) atoms. The Bertz CT molecular complexity index is 1040. The summed E-state index contributed by atoms with van der Waals surface area (Å²) < 4.78 is 21.4. The van der Waals surface area contributed by atoms with Crippen LogP contribution >= 0.6 is 0 Å². The third kappa shape index (κ3) is 3.97. The number of aromatic nitrogens is 2. The lowest BCUT2D eigenvalue weighted by Gasteiger charge is -2.41. The number of nitrogens with zero attached hydrogens (tertiary/aromatic N) is 4. The molecule has 2 aromatic rings. The van der Waals surface area contributed by atoms with Crippen LogP contribution in [0.1, 0.15) is 39.2 Å². The molecule has 0 spiro atoms. The molecule has 3 aliphatic rings. The van der Waals surface area contributed by atoms with Gasteiger partial charge in [-0.25, -0.2) is 9.18 Å². The second-order valence-corrected chi connectivity index (χ2v) is 8.99. The number of carbonyl (C=O) groups excluding carboxylic acids is 2. The van der Waals surface area contributed by atoms with Gasteiger partial charge in [0.25, 0.3) is 0 Å². The number of fused-ring (bicyclic) bond motifs is 1. The van der Waals surface area contributed by atoms with Crippen molar-refractivity contribution in [3.8, 4) is 11.1 Å². The average molecular weight is 442 g/mol. The van der Waals surface area contributed by atoms with Crippen molar-refractivity contribution >= 4 is 23.4 Å². The number of benzene rings is 1. The molecule has 1 aliphatic carbocycles. The fourth-order valence-corrected chi connectivity index (χ4v) is 4.63. The minimum Gasteiger partial charge on any atom is -0.444 e. The highest BCUT2D eigenvalue weighted by Gasteiger charge is 2.36. The Hall–Kier alpha value is -2.94. The number of alkyl halides is 1. The summed E-state index contributed by atoms with van der Waals surface area (Å²) in [5.74, 6) is -0.0854. The lowest BCUT2D eigenvalue weighted by Crippen LogP contribution is -2.53. The average Bonchev–Trinajstić information content (AvgIpc) is 3.49. The van der Waals surface area contributed by atoms with Gasteiger partial charge < -0.3 is 15.0 Å². The number of amides is 2. The summed E-state index contributed by atoms with van der Waals surface area (Å²) in [6.45, 7) is 4.44. The van der Waals surface area contributed by atoms with Crippen molar-refractivity contribution in [1.29, 1.82) is 0 Å². The maximum absolute atomic E-state index is 13.8. The van der Waals surface area contributed by atoms with Crippen molar-refractivity contribution in [2.75, 3.05) is 29.4 Å². The van der Waals surface area contributed by atoms with Gasteiger partial charge in [0.2, 0.25) is 5.91 Å². The predicted octanol–water partition coefficient (Wildman–Crippen LogP) is 3.28. The molecule has 2 unspecified atom stereocenters. The van der Waals surface area contributed by atoms with E-state index in [2.05, 4.69) is 10.4 Å². The highest BCUT2D eigenvalue weighted by atomic mass is 19.1. The molecule has 2 fully saturated rings. The quantitative estimate of drug-likeness (QED) is 0.791. The minimum atomic E-state index is -1.03. The molecule has 0 radical (unpaired) electrons. The first-order chi connectivity index (χ1) is 15.4. The molecule has 1 saturated heterocycles. The van der Waals surface area contributed by atoms with Crippen molar-refractivity contribution in [3.05, 3.63) is 30.6 Å². The van der Waals surface area contributed by atoms with Crippen molar-refractivity contribution in [2.45, 2.75) is 57.5 Å². The lowest BCUT2D eigenvalue weighted by molar-refractivity contribution is -0.117. The number of rotatable bonds is 3. The second kappa shape index (κ2) is 8.20. The van der Waals surface area contributed by atoms with Crippen LogP contribution in [0.25, 0.3) is 11.1 Å². The highest BCUT2D eigenvalue weighted by Crippen LogP contribution is 2.40. The molecule has 3 atom stereocenters. The van der Waals surface area contributed by atoms with Crippen LogP contribution in [-0.4, -0.2) is 59.7 Å². The fourth-order valence-electron chi connectivity index (χ4n) is 4.63. The Morgan fingerprint density at radius 1 is 1.19 bits per heavy atom. The molecule has 1 N–H and O–H groups in total. The van der Waals surface area contributed by atoms with Crippen LogP contribution in [0.3, 0.4) is 0 Å². The van der Waals surface area contributed by atoms with Gasteiger partial charge in [0.05, 0.1) is 29.7 Å². The van der Waals surface area contributed by atoms with E-state index >= 15 is 0 Å². The molecular formula is C23H28FN5O3. The third-order valence-electron chi connectivity index (χ3n) is 6.35. The van der Waals surface area contributed by atoms with Crippen LogP contribution in [-0.2, 0) is 9.53 Å². The number of nitrogens with one attached hydrogen (secondary N) is 1. The summed E-state index contributed by atoms with van der Waals surface area (Å²) in [4.78, 5) is 28.8. The Labute approximate surface area is 186 Å². The maximum atomic E-state index is 13.8. The molecule has 1 saturated carbocycles. The van der Waals surface area contributed by atoms with Crippen molar-refractivity contribution < 1.29 is 18.7 Å². The Morgan fingerprint density at radius 3 is 2.72 bits per heavy atom. The molecule has 170 valence electrons. The zero-order valence-electron chi connectivity index (χ0n) is 18.3. The standard InChI is InChI=1S/C23H28FN5O3/c1-14-12-27(23(31)32-20-8-18(24)10-25-11-20)22-7-16(3-6-21(22)29(14)15(2)30)17-9-26-28(13-17)19-4-5-19/h3,6-7,9,13-14,18-20,25H,4-5,8,10-12H2,1-2H3/t14-,18?,20?/m0/s1. The number of carbonyl (C=O) groups is 2. The van der Waals surface area contributed by atoms with Crippen molar-refractivity contribution in [2.24, 2.45) is 0 Å². The number of ether oxygens (including phenoxy) is 1. The Morgan fingerprint density at radius 2 is 2.00 bits per heavy atom. The van der Waals surface area contributed by atoms with Crippen LogP contribution in [0.15, 0.2) is 30.6 Å². The van der Waals surface area contributed by atoms with Crippen LogP contribution in [0, 0.1) is 0 Å². The van der Waals surface area contributed by atoms with E-state index in [-0.39, 0.29) is 24.9 Å². The zero-order chi connectivity index (χ0) is 22.4. The monoisotopic (exact) mass is 441 g/mol. The van der Waals surface area contributed by atoms with E-state index in [9.17, 15) is 14.0 Å². The van der Waals surface area contributed by atoms with Crippen LogP contribution in [0.4, 0.5) is 20.6 Å². The van der Waals surface area contributed by atoms with Gasteiger partial charge in [-0.3, -0.25) is 14.4 Å². The van der Waals surface area contributed by atoms with Gasteiger partial charge >= 0.3 is 6.09 Å². The largest absolute Gasteiger partial charge is 0.444 e. The third-order valence-corrected chi connectivity index (χ3v) is 6.35. The molecule has 5 rings (SSSR count). The van der Waals surface area contributed by atoms with E-state index in [4.69, 9.17) is 4.74 Å². The van der Waals surface area contributed by atoms with E-state index in [1.807, 2.05) is 42.2 Å². The highest BCUT2D eigenvalue weighted by molar-refractivity contribution is 6.03. The van der Waals surface area contributed by atoms with Crippen molar-refractivity contribution in [1.82, 2.24) is 15.1 Å². The van der Waals surface area contributed by atoms with E-state index in [1.165, 1.54) is 6.92 Å². The molecule has 9 heteroatoms. The van der Waals surface area contributed by atoms with Crippen LogP contribution < -0.4 is 15.1 Å². The normalized spacial score (nSPS) is 25.4. The molecule has 8 nitrogen and oxygen atoms in total. The van der Waals surface area contributed by atoms with Gasteiger partial charge in [0.1, 0.15) is 12.3 Å². The lowest BCUT2D eigenvalue weighted by atomic mass is 10.0. The minimum absolute atomic E-state index is 0.0854. The van der Waals surface area contributed by atoms with Crippen molar-refractivity contribution in [3.63, 3.8) is 0 Å². The Kier molecular flexibility index (Phi) is 5.36. The van der Waals surface area contributed by atoms with Crippen LogP contribution in [0.5, 0.6) is 0 Å². The summed E-state index contributed by atoms with van der Waals surface area (Å²) in [7, 11) is 0. The fraction of sp³-hybridized carbons (Fsp3) is 0.522. The second-order valence-electron chi connectivity index (χ2n) is 8.99. The number of hydrogen-bond acceptors (Lipinski definition) is 5. The van der Waals surface area contributed by atoms with E-state index in [1.54, 1.807) is 9.80 Å². The van der Waals surface area contributed by atoms with Gasteiger partial charge in [-0.2, -0.15) is 5.10 Å². The molecular weight excluding hydrogens is 413 g/mol. The van der Waals surface area contributed by atoms with Crippen LogP contribution in [0.2, 0.25) is 0 Å². The van der Waals surface area contributed by atoms with Gasteiger partial charge in [-0.1, -0.05) is 6.07 Å². The zero-order valence-corrected chi connectivity index (χ0v) is 18.3.